The summed E-state index contributed by atoms with van der Waals surface area (Å²) in [6.45, 7) is 3.92. The van der Waals surface area contributed by atoms with E-state index in [2.05, 4.69) is 26.0 Å². The SMILES string of the molecule is COC[C@H](NC(=O)[C@H](CC(C)C)NC(=O)[C@H](Cc1ccccc1)N=[N+]=[N-])C(=O)N[C@H](/C=C/S(C)(=O)=O)Cc1ccc(CN)cc1. The van der Waals surface area contributed by atoms with Crippen molar-refractivity contribution in [1.82, 2.24) is 16.0 Å². The number of carbonyl (C=O) groups is 3. The number of nitrogens with one attached hydrogen (secondary N) is 3. The van der Waals surface area contributed by atoms with Crippen LogP contribution >= 0.6 is 0 Å². The number of nitrogens with two attached hydrogens (primary N) is 1. The van der Waals surface area contributed by atoms with Gasteiger partial charge in [0.2, 0.25) is 17.7 Å². The fraction of sp³-hybridized carbons (Fsp3) is 0.452. The van der Waals surface area contributed by atoms with Gasteiger partial charge in [-0.25, -0.2) is 8.42 Å². The fourth-order valence-corrected chi connectivity index (χ4v) is 4.91. The summed E-state index contributed by atoms with van der Waals surface area (Å²) in [4.78, 5) is 42.9. The molecule has 0 heterocycles. The van der Waals surface area contributed by atoms with Crippen LogP contribution in [0.15, 0.2) is 71.2 Å². The van der Waals surface area contributed by atoms with E-state index >= 15 is 0 Å². The van der Waals surface area contributed by atoms with Crippen molar-refractivity contribution in [3.63, 3.8) is 0 Å². The Balaban J connectivity index is 2.23. The first kappa shape index (κ1) is 37.0. The van der Waals surface area contributed by atoms with Crippen LogP contribution in [0.4, 0.5) is 0 Å². The second-order valence-corrected chi connectivity index (χ2v) is 13.0. The van der Waals surface area contributed by atoms with Crippen LogP contribution < -0.4 is 21.7 Å². The summed E-state index contributed by atoms with van der Waals surface area (Å²) in [5.74, 6) is -1.89. The number of ether oxygens (including phenoxy) is 1. The second-order valence-electron chi connectivity index (χ2n) is 11.1. The predicted molar refractivity (Wildman–Crippen MR) is 172 cm³/mol. The first-order valence-corrected chi connectivity index (χ1v) is 16.4. The Kier molecular flexibility index (Phi) is 15.2. The Bertz CT molecular complexity index is 1440. The number of benzene rings is 2. The van der Waals surface area contributed by atoms with Crippen LogP contribution in [-0.2, 0) is 48.3 Å². The van der Waals surface area contributed by atoms with Gasteiger partial charge >= 0.3 is 0 Å². The fourth-order valence-electron chi connectivity index (χ4n) is 4.43. The Labute approximate surface area is 264 Å². The van der Waals surface area contributed by atoms with E-state index in [0.29, 0.717) is 6.54 Å². The van der Waals surface area contributed by atoms with E-state index in [1.165, 1.54) is 13.2 Å². The molecular weight excluding hydrogens is 598 g/mol. The van der Waals surface area contributed by atoms with E-state index in [4.69, 9.17) is 16.0 Å². The topological polar surface area (TPSA) is 205 Å². The van der Waals surface area contributed by atoms with E-state index in [-0.39, 0.29) is 31.8 Å². The number of sulfone groups is 1. The van der Waals surface area contributed by atoms with Crippen molar-refractivity contribution in [2.75, 3.05) is 20.0 Å². The van der Waals surface area contributed by atoms with Crippen LogP contribution in [0.5, 0.6) is 0 Å². The van der Waals surface area contributed by atoms with Crippen LogP contribution in [0.1, 0.15) is 37.0 Å². The molecule has 3 amide bonds. The highest BCUT2D eigenvalue weighted by Gasteiger charge is 2.30. The van der Waals surface area contributed by atoms with Crippen LogP contribution in [0.25, 0.3) is 10.4 Å². The standard InChI is InChI=1S/C31H43N7O6S/c1-21(2)16-26(35-30(40)27(37-38-33)18-22-8-6-5-7-9-22)29(39)36-28(20-44-3)31(41)34-25(14-15-45(4,42)43)17-23-10-12-24(19-32)13-11-23/h5-15,21,25-28H,16-20,32H2,1-4H3,(H,34,41)(H,35,40)(H,36,39)/b15-14+/t25-,26+,27+,28+/m1/s1. The van der Waals surface area contributed by atoms with E-state index in [0.717, 1.165) is 28.4 Å². The van der Waals surface area contributed by atoms with Gasteiger partial charge < -0.3 is 26.4 Å². The lowest BCUT2D eigenvalue weighted by Crippen LogP contribution is -2.57. The molecule has 13 nitrogen and oxygen atoms in total. The van der Waals surface area contributed by atoms with E-state index in [9.17, 15) is 22.8 Å². The molecule has 0 saturated heterocycles. The number of methoxy groups -OCH3 is 1. The lowest BCUT2D eigenvalue weighted by molar-refractivity contribution is -0.133. The van der Waals surface area contributed by atoms with Gasteiger partial charge in [-0.1, -0.05) is 79.6 Å². The lowest BCUT2D eigenvalue weighted by Gasteiger charge is -2.26. The molecule has 0 radical (unpaired) electrons. The van der Waals surface area contributed by atoms with E-state index < -0.39 is 51.7 Å². The first-order chi connectivity index (χ1) is 21.3. The van der Waals surface area contributed by atoms with Crippen LogP contribution in [0.3, 0.4) is 0 Å². The minimum absolute atomic E-state index is 0.0148. The normalized spacial score (nSPS) is 14.2. The van der Waals surface area contributed by atoms with Crippen molar-refractivity contribution in [2.45, 2.75) is 63.8 Å². The van der Waals surface area contributed by atoms with Crippen molar-refractivity contribution in [2.24, 2.45) is 16.8 Å². The molecule has 0 saturated carbocycles. The third-order valence-electron chi connectivity index (χ3n) is 6.67. The maximum absolute atomic E-state index is 13.5. The monoisotopic (exact) mass is 641 g/mol. The molecule has 5 N–H and O–H groups in total. The maximum Gasteiger partial charge on any atom is 0.245 e. The predicted octanol–water partition coefficient (Wildman–Crippen LogP) is 2.31. The van der Waals surface area contributed by atoms with Gasteiger partial charge in [-0.3, -0.25) is 14.4 Å². The molecule has 4 atom stereocenters. The van der Waals surface area contributed by atoms with Gasteiger partial charge in [0.15, 0.2) is 9.84 Å². The minimum Gasteiger partial charge on any atom is -0.382 e. The van der Waals surface area contributed by atoms with E-state index in [1.807, 2.05) is 44.2 Å². The zero-order valence-corrected chi connectivity index (χ0v) is 26.9. The van der Waals surface area contributed by atoms with Crippen LogP contribution in [0.2, 0.25) is 0 Å². The Morgan fingerprint density at radius 2 is 1.49 bits per heavy atom. The third kappa shape index (κ3) is 14.0. The zero-order valence-electron chi connectivity index (χ0n) is 26.0. The van der Waals surface area contributed by atoms with Gasteiger partial charge in [-0.2, -0.15) is 0 Å². The molecule has 0 aliphatic heterocycles. The molecule has 0 fully saturated rings. The quantitative estimate of drug-likeness (QED) is 0.108. The number of amides is 3. The van der Waals surface area contributed by atoms with Crippen molar-refractivity contribution in [3.05, 3.63) is 93.2 Å². The summed E-state index contributed by atoms with van der Waals surface area (Å²) in [5, 5.41) is 12.8. The van der Waals surface area contributed by atoms with Gasteiger partial charge in [0, 0.05) is 30.2 Å². The molecule has 0 spiro atoms. The average molecular weight is 642 g/mol. The summed E-state index contributed by atoms with van der Waals surface area (Å²) < 4.78 is 28.9. The molecule has 2 aromatic carbocycles. The third-order valence-corrected chi connectivity index (χ3v) is 7.32. The van der Waals surface area contributed by atoms with Crippen molar-refractivity contribution >= 4 is 27.6 Å². The molecule has 0 aliphatic rings. The second kappa shape index (κ2) is 18.5. The molecule has 244 valence electrons. The highest BCUT2D eigenvalue weighted by Crippen LogP contribution is 2.11. The van der Waals surface area contributed by atoms with Gasteiger partial charge in [-0.05, 0) is 47.4 Å². The number of hydrogen-bond acceptors (Lipinski definition) is 8. The van der Waals surface area contributed by atoms with Crippen LogP contribution in [-0.4, -0.2) is 70.3 Å². The van der Waals surface area contributed by atoms with Gasteiger partial charge in [0.1, 0.15) is 18.1 Å². The molecule has 0 aliphatic carbocycles. The minimum atomic E-state index is -3.49. The molecule has 0 aromatic heterocycles. The van der Waals surface area contributed by atoms with Crippen molar-refractivity contribution in [1.29, 1.82) is 0 Å². The maximum atomic E-state index is 13.5. The highest BCUT2D eigenvalue weighted by molar-refractivity contribution is 7.93. The van der Waals surface area contributed by atoms with Crippen LogP contribution in [0, 0.1) is 5.92 Å². The molecule has 0 unspecified atom stereocenters. The molecule has 2 rings (SSSR count). The first-order valence-electron chi connectivity index (χ1n) is 14.5. The molecule has 14 heteroatoms. The summed E-state index contributed by atoms with van der Waals surface area (Å²) >= 11 is 0. The molecule has 2 aromatic rings. The Hall–Kier alpha value is -4.23. The summed E-state index contributed by atoms with van der Waals surface area (Å²) in [6, 6.07) is 12.3. The lowest BCUT2D eigenvalue weighted by atomic mass is 10.0. The molecular formula is C31H43N7O6S. The number of rotatable bonds is 18. The van der Waals surface area contributed by atoms with E-state index in [1.54, 1.807) is 24.3 Å². The zero-order chi connectivity index (χ0) is 33.4. The Morgan fingerprint density at radius 1 is 0.911 bits per heavy atom. The number of hydrogen-bond donors (Lipinski definition) is 4. The number of carbonyl (C=O) groups excluding carboxylic acids is 3. The smallest absolute Gasteiger partial charge is 0.245 e. The van der Waals surface area contributed by atoms with Gasteiger partial charge in [0.05, 0.1) is 12.6 Å². The van der Waals surface area contributed by atoms with Crippen molar-refractivity contribution < 1.29 is 27.5 Å². The number of azide groups is 1. The molecule has 0 bridgehead atoms. The summed E-state index contributed by atoms with van der Waals surface area (Å²) in [5.41, 5.74) is 17.3. The molecule has 45 heavy (non-hydrogen) atoms. The number of nitrogens with zero attached hydrogens (tertiary/aromatic N) is 3. The van der Waals surface area contributed by atoms with Gasteiger partial charge in [-0.15, -0.1) is 0 Å². The van der Waals surface area contributed by atoms with Gasteiger partial charge in [0.25, 0.3) is 0 Å². The summed E-state index contributed by atoms with van der Waals surface area (Å²) in [7, 11) is -2.12. The highest BCUT2D eigenvalue weighted by atomic mass is 32.2. The summed E-state index contributed by atoms with van der Waals surface area (Å²) in [6.07, 6.45) is 3.07. The largest absolute Gasteiger partial charge is 0.382 e. The average Bonchev–Trinajstić information content (AvgIpc) is 2.99. The van der Waals surface area contributed by atoms with Crippen molar-refractivity contribution in [3.8, 4) is 0 Å². The Morgan fingerprint density at radius 3 is 2.04 bits per heavy atom.